The first kappa shape index (κ1) is 29.4. The van der Waals surface area contributed by atoms with Crippen LogP contribution in [-0.4, -0.2) is 22.6 Å². The Morgan fingerprint density at radius 1 is 0.431 bits per heavy atom. The number of para-hydroxylation sites is 3. The van der Waals surface area contributed by atoms with Crippen molar-refractivity contribution >= 4 is 72.7 Å². The minimum atomic E-state index is -2.77. The molecule has 10 rings (SSSR count). The van der Waals surface area contributed by atoms with Gasteiger partial charge < -0.3 is 4.42 Å². The normalized spacial score (nSPS) is 11.9. The van der Waals surface area contributed by atoms with E-state index in [1.165, 1.54) is 31.5 Å². The third-order valence-corrected chi connectivity index (χ3v) is 14.9. The standard InChI is InChI=1S/C46H31N3OSi/c1-4-18-33(19-5-1)51(34-20-6-2-7-21-34,35-22-8-3-9-23-35)36-24-16-17-32(31-36)45-47-43-39-27-12-15-30-42(39)50-44(43)46(48-45)49-40-28-13-10-25-37(40)38-26-11-14-29-41(38)49/h1-31H. The quantitative estimate of drug-likeness (QED) is 0.132. The molecule has 4 nitrogen and oxygen atoms in total. The highest BCUT2D eigenvalue weighted by molar-refractivity contribution is 7.19. The number of fused-ring (bicyclic) bond motifs is 6. The molecular weight excluding hydrogens is 639 g/mol. The van der Waals surface area contributed by atoms with Crippen molar-refractivity contribution in [3.63, 3.8) is 0 Å². The molecule has 3 aromatic heterocycles. The second-order valence-corrected chi connectivity index (χ2v) is 16.8. The lowest BCUT2D eigenvalue weighted by Crippen LogP contribution is -2.74. The lowest BCUT2D eigenvalue weighted by molar-refractivity contribution is 0.662. The van der Waals surface area contributed by atoms with Crippen LogP contribution >= 0.6 is 0 Å². The Hall–Kier alpha value is -6.56. The van der Waals surface area contributed by atoms with E-state index in [0.29, 0.717) is 11.4 Å². The molecule has 0 unspecified atom stereocenters. The molecule has 51 heavy (non-hydrogen) atoms. The molecule has 0 radical (unpaired) electrons. The summed E-state index contributed by atoms with van der Waals surface area (Å²) >= 11 is 0. The van der Waals surface area contributed by atoms with Gasteiger partial charge in [0, 0.05) is 21.7 Å². The molecule has 0 amide bonds. The molecule has 7 aromatic carbocycles. The molecule has 240 valence electrons. The van der Waals surface area contributed by atoms with Gasteiger partial charge in [0.25, 0.3) is 0 Å². The first-order valence-electron chi connectivity index (χ1n) is 17.3. The van der Waals surface area contributed by atoms with Gasteiger partial charge in [-0.2, -0.15) is 0 Å². The van der Waals surface area contributed by atoms with Gasteiger partial charge >= 0.3 is 0 Å². The number of hydrogen-bond acceptors (Lipinski definition) is 3. The van der Waals surface area contributed by atoms with Crippen LogP contribution in [0, 0.1) is 0 Å². The zero-order valence-electron chi connectivity index (χ0n) is 27.6. The van der Waals surface area contributed by atoms with Crippen LogP contribution in [0.5, 0.6) is 0 Å². The third-order valence-electron chi connectivity index (χ3n) is 10.2. The first-order chi connectivity index (χ1) is 25.3. The summed E-state index contributed by atoms with van der Waals surface area (Å²) in [4.78, 5) is 10.7. The van der Waals surface area contributed by atoms with E-state index in [0.717, 1.165) is 38.9 Å². The van der Waals surface area contributed by atoms with E-state index in [9.17, 15) is 0 Å². The monoisotopic (exact) mass is 669 g/mol. The van der Waals surface area contributed by atoms with Gasteiger partial charge in [-0.3, -0.25) is 4.57 Å². The van der Waals surface area contributed by atoms with Crippen LogP contribution in [0.3, 0.4) is 0 Å². The number of rotatable bonds is 6. The number of furan rings is 1. The molecule has 0 aliphatic rings. The third kappa shape index (κ3) is 4.52. The summed E-state index contributed by atoms with van der Waals surface area (Å²) in [6, 6.07) is 67.1. The van der Waals surface area contributed by atoms with Crippen LogP contribution in [0.4, 0.5) is 0 Å². The number of hydrogen-bond donors (Lipinski definition) is 0. The molecule has 0 aliphatic carbocycles. The van der Waals surface area contributed by atoms with Crippen LogP contribution in [0.25, 0.3) is 61.1 Å². The van der Waals surface area contributed by atoms with Crippen molar-refractivity contribution in [1.82, 2.24) is 14.5 Å². The molecule has 10 aromatic rings. The van der Waals surface area contributed by atoms with Crippen molar-refractivity contribution in [2.24, 2.45) is 0 Å². The lowest BCUT2D eigenvalue weighted by atomic mass is 10.2. The van der Waals surface area contributed by atoms with Gasteiger partial charge in [0.1, 0.15) is 11.1 Å². The van der Waals surface area contributed by atoms with E-state index < -0.39 is 8.07 Å². The van der Waals surface area contributed by atoms with Crippen molar-refractivity contribution < 1.29 is 4.42 Å². The fourth-order valence-corrected chi connectivity index (χ4v) is 12.8. The number of aromatic nitrogens is 3. The highest BCUT2D eigenvalue weighted by atomic mass is 28.3. The largest absolute Gasteiger partial charge is 0.450 e. The van der Waals surface area contributed by atoms with Gasteiger partial charge in [0.05, 0.1) is 11.0 Å². The van der Waals surface area contributed by atoms with Gasteiger partial charge in [0.2, 0.25) is 0 Å². The summed E-state index contributed by atoms with van der Waals surface area (Å²) in [5, 5.41) is 8.54. The van der Waals surface area contributed by atoms with Crippen molar-refractivity contribution in [1.29, 1.82) is 0 Å². The highest BCUT2D eigenvalue weighted by Crippen LogP contribution is 2.37. The highest BCUT2D eigenvalue weighted by Gasteiger charge is 2.41. The Morgan fingerprint density at radius 2 is 0.922 bits per heavy atom. The SMILES string of the molecule is c1ccc([Si](c2ccccc2)(c2ccccc2)c2cccc(-c3nc(-n4c5ccccc5c5ccccc54)c4oc5ccccc5c4n3)c2)cc1. The second kappa shape index (κ2) is 11.8. The Balaban J connectivity index is 1.28. The van der Waals surface area contributed by atoms with E-state index in [-0.39, 0.29) is 0 Å². The van der Waals surface area contributed by atoms with Crippen LogP contribution < -0.4 is 20.7 Å². The van der Waals surface area contributed by atoms with Crippen molar-refractivity contribution in [3.8, 4) is 17.2 Å². The first-order valence-corrected chi connectivity index (χ1v) is 19.3. The van der Waals surface area contributed by atoms with E-state index in [1.807, 2.05) is 18.2 Å². The molecule has 0 saturated carbocycles. The zero-order valence-corrected chi connectivity index (χ0v) is 28.6. The molecule has 0 bridgehead atoms. The molecule has 5 heteroatoms. The topological polar surface area (TPSA) is 43.9 Å². The van der Waals surface area contributed by atoms with Crippen molar-refractivity contribution in [3.05, 3.63) is 188 Å². The fraction of sp³-hybridized carbons (Fsp3) is 0. The maximum absolute atomic E-state index is 6.61. The second-order valence-electron chi connectivity index (χ2n) is 12.9. The average molecular weight is 670 g/mol. The molecular formula is C46H31N3OSi. The smallest absolute Gasteiger partial charge is 0.197 e. The number of benzene rings is 7. The molecule has 0 aliphatic heterocycles. The van der Waals surface area contributed by atoms with Gasteiger partial charge in [-0.15, -0.1) is 0 Å². The van der Waals surface area contributed by atoms with Gasteiger partial charge in [-0.05, 0) is 45.0 Å². The van der Waals surface area contributed by atoms with Crippen LogP contribution in [0.1, 0.15) is 0 Å². The van der Waals surface area contributed by atoms with E-state index in [2.05, 4.69) is 174 Å². The van der Waals surface area contributed by atoms with E-state index in [1.54, 1.807) is 0 Å². The van der Waals surface area contributed by atoms with Crippen LogP contribution in [0.15, 0.2) is 192 Å². The Kier molecular flexibility index (Phi) is 6.79. The van der Waals surface area contributed by atoms with Gasteiger partial charge in [-0.1, -0.05) is 164 Å². The Labute approximate surface area is 295 Å². The molecule has 0 fully saturated rings. The summed E-state index contributed by atoms with van der Waals surface area (Å²) in [5.41, 5.74) is 5.37. The molecule has 0 spiro atoms. The summed E-state index contributed by atoms with van der Waals surface area (Å²) in [7, 11) is -2.77. The summed E-state index contributed by atoms with van der Waals surface area (Å²) in [6.07, 6.45) is 0. The maximum Gasteiger partial charge on any atom is 0.197 e. The molecule has 0 N–H and O–H groups in total. The summed E-state index contributed by atoms with van der Waals surface area (Å²) in [5.74, 6) is 1.39. The predicted octanol–water partition coefficient (Wildman–Crippen LogP) is 8.52. The van der Waals surface area contributed by atoms with E-state index in [4.69, 9.17) is 14.4 Å². The minimum Gasteiger partial charge on any atom is -0.450 e. The number of nitrogens with zero attached hydrogens (tertiary/aromatic N) is 3. The average Bonchev–Trinajstić information content (AvgIpc) is 3.75. The molecule has 0 saturated heterocycles. The van der Waals surface area contributed by atoms with Crippen molar-refractivity contribution in [2.75, 3.05) is 0 Å². The summed E-state index contributed by atoms with van der Waals surface area (Å²) < 4.78 is 8.85. The Bertz CT molecular complexity index is 2710. The van der Waals surface area contributed by atoms with Crippen LogP contribution in [0.2, 0.25) is 0 Å². The minimum absolute atomic E-state index is 0.657. The van der Waals surface area contributed by atoms with Gasteiger partial charge in [0.15, 0.2) is 25.3 Å². The fourth-order valence-electron chi connectivity index (χ4n) is 7.96. The maximum atomic E-state index is 6.61. The van der Waals surface area contributed by atoms with Gasteiger partial charge in [-0.25, -0.2) is 9.97 Å². The van der Waals surface area contributed by atoms with E-state index >= 15 is 0 Å². The van der Waals surface area contributed by atoms with Crippen molar-refractivity contribution in [2.45, 2.75) is 0 Å². The Morgan fingerprint density at radius 3 is 1.51 bits per heavy atom. The summed E-state index contributed by atoms with van der Waals surface area (Å²) in [6.45, 7) is 0. The zero-order chi connectivity index (χ0) is 33.8. The predicted molar refractivity (Wildman–Crippen MR) is 213 cm³/mol. The molecule has 0 atom stereocenters. The lowest BCUT2D eigenvalue weighted by Gasteiger charge is -2.34. The molecule has 3 heterocycles. The van der Waals surface area contributed by atoms with Crippen LogP contribution in [-0.2, 0) is 0 Å².